The molecule has 94 valence electrons. The van der Waals surface area contributed by atoms with Gasteiger partial charge in [0, 0.05) is 6.54 Å². The van der Waals surface area contributed by atoms with Gasteiger partial charge in [-0.25, -0.2) is 0 Å². The van der Waals surface area contributed by atoms with E-state index in [2.05, 4.69) is 49.9 Å². The molecule has 0 unspecified atom stereocenters. The average molecular weight is 231 g/mol. The number of hydrogen-bond donors (Lipinski definition) is 0. The second-order valence-electron chi connectivity index (χ2n) is 6.25. The van der Waals surface area contributed by atoms with Gasteiger partial charge in [-0.05, 0) is 48.9 Å². The Labute approximate surface area is 106 Å². The molecule has 1 heteroatoms. The summed E-state index contributed by atoms with van der Waals surface area (Å²) >= 11 is 0. The highest BCUT2D eigenvalue weighted by Crippen LogP contribution is 2.22. The lowest BCUT2D eigenvalue weighted by Gasteiger charge is -2.19. The average Bonchev–Trinajstić information content (AvgIpc) is 2.78. The van der Waals surface area contributed by atoms with Crippen molar-refractivity contribution in [3.05, 3.63) is 35.4 Å². The SMILES string of the molecule is CC(C)(C)c1ccc(CCN2CCCC2)cc1. The Kier molecular flexibility index (Phi) is 3.88. The van der Waals surface area contributed by atoms with Crippen molar-refractivity contribution >= 4 is 0 Å². The number of rotatable bonds is 3. The fourth-order valence-electron chi connectivity index (χ4n) is 2.46. The molecular formula is C16H25N. The Hall–Kier alpha value is -0.820. The minimum Gasteiger partial charge on any atom is -0.303 e. The summed E-state index contributed by atoms with van der Waals surface area (Å²) in [4.78, 5) is 2.58. The number of hydrogen-bond acceptors (Lipinski definition) is 1. The van der Waals surface area contributed by atoms with Crippen molar-refractivity contribution in [1.82, 2.24) is 4.90 Å². The van der Waals surface area contributed by atoms with Crippen LogP contribution in [0.1, 0.15) is 44.7 Å². The summed E-state index contributed by atoms with van der Waals surface area (Å²) in [6, 6.07) is 9.19. The van der Waals surface area contributed by atoms with Gasteiger partial charge in [-0.2, -0.15) is 0 Å². The maximum atomic E-state index is 2.58. The lowest BCUT2D eigenvalue weighted by atomic mass is 9.86. The van der Waals surface area contributed by atoms with Crippen LogP contribution in [-0.4, -0.2) is 24.5 Å². The maximum absolute atomic E-state index is 2.58. The van der Waals surface area contributed by atoms with Crippen molar-refractivity contribution in [3.63, 3.8) is 0 Å². The molecule has 0 radical (unpaired) electrons. The molecule has 2 rings (SSSR count). The lowest BCUT2D eigenvalue weighted by molar-refractivity contribution is 0.343. The Morgan fingerprint density at radius 1 is 1.00 bits per heavy atom. The molecule has 0 aliphatic carbocycles. The summed E-state index contributed by atoms with van der Waals surface area (Å²) in [5.41, 5.74) is 3.18. The van der Waals surface area contributed by atoms with Crippen molar-refractivity contribution in [2.24, 2.45) is 0 Å². The summed E-state index contributed by atoms with van der Waals surface area (Å²) in [6.07, 6.45) is 3.98. The molecule has 0 bridgehead atoms. The van der Waals surface area contributed by atoms with E-state index < -0.39 is 0 Å². The van der Waals surface area contributed by atoms with E-state index in [0.717, 1.165) is 0 Å². The maximum Gasteiger partial charge on any atom is 0.00218 e. The van der Waals surface area contributed by atoms with Crippen LogP contribution in [0.2, 0.25) is 0 Å². The van der Waals surface area contributed by atoms with Crippen LogP contribution in [0.5, 0.6) is 0 Å². The molecule has 1 nitrogen and oxygen atoms in total. The fourth-order valence-corrected chi connectivity index (χ4v) is 2.46. The van der Waals surface area contributed by atoms with Gasteiger partial charge in [0.05, 0.1) is 0 Å². The number of likely N-dealkylation sites (tertiary alicyclic amines) is 1. The van der Waals surface area contributed by atoms with Gasteiger partial charge in [-0.1, -0.05) is 45.0 Å². The Morgan fingerprint density at radius 2 is 1.59 bits per heavy atom. The van der Waals surface area contributed by atoms with Crippen LogP contribution in [0.3, 0.4) is 0 Å². The monoisotopic (exact) mass is 231 g/mol. The zero-order valence-corrected chi connectivity index (χ0v) is 11.5. The third-order valence-electron chi connectivity index (χ3n) is 3.74. The summed E-state index contributed by atoms with van der Waals surface area (Å²) in [5, 5.41) is 0. The third kappa shape index (κ3) is 3.57. The minimum atomic E-state index is 0.271. The second kappa shape index (κ2) is 5.22. The first kappa shape index (κ1) is 12.6. The molecule has 1 saturated heterocycles. The van der Waals surface area contributed by atoms with E-state index in [1.165, 1.54) is 50.0 Å². The van der Waals surface area contributed by atoms with Crippen LogP contribution >= 0.6 is 0 Å². The molecular weight excluding hydrogens is 206 g/mol. The van der Waals surface area contributed by atoms with Gasteiger partial charge in [-0.3, -0.25) is 0 Å². The van der Waals surface area contributed by atoms with Crippen LogP contribution in [0.15, 0.2) is 24.3 Å². The van der Waals surface area contributed by atoms with E-state index in [-0.39, 0.29) is 5.41 Å². The van der Waals surface area contributed by atoms with E-state index in [1.807, 2.05) is 0 Å². The summed E-state index contributed by atoms with van der Waals surface area (Å²) < 4.78 is 0. The van der Waals surface area contributed by atoms with E-state index in [9.17, 15) is 0 Å². The highest BCUT2D eigenvalue weighted by atomic mass is 15.1. The summed E-state index contributed by atoms with van der Waals surface area (Å²) in [6.45, 7) is 10.7. The van der Waals surface area contributed by atoms with E-state index in [1.54, 1.807) is 0 Å². The smallest absolute Gasteiger partial charge is 0.00218 e. The largest absolute Gasteiger partial charge is 0.303 e. The molecule has 1 fully saturated rings. The molecule has 1 aliphatic heterocycles. The van der Waals surface area contributed by atoms with Crippen molar-refractivity contribution in [2.75, 3.05) is 19.6 Å². The van der Waals surface area contributed by atoms with E-state index in [0.29, 0.717) is 0 Å². The Morgan fingerprint density at radius 3 is 2.12 bits per heavy atom. The molecule has 1 aliphatic rings. The molecule has 0 spiro atoms. The molecule has 1 aromatic rings. The highest BCUT2D eigenvalue weighted by molar-refractivity contribution is 5.27. The molecule has 0 aromatic heterocycles. The number of benzene rings is 1. The molecule has 1 heterocycles. The molecule has 0 amide bonds. The fraction of sp³-hybridized carbons (Fsp3) is 0.625. The summed E-state index contributed by atoms with van der Waals surface area (Å²) in [7, 11) is 0. The standard InChI is InChI=1S/C16H25N/c1-16(2,3)15-8-6-14(7-9-15)10-13-17-11-4-5-12-17/h6-9H,4-5,10-13H2,1-3H3. The molecule has 0 saturated carbocycles. The van der Waals surface area contributed by atoms with E-state index in [4.69, 9.17) is 0 Å². The van der Waals surface area contributed by atoms with Gasteiger partial charge in [0.25, 0.3) is 0 Å². The van der Waals surface area contributed by atoms with Crippen molar-refractivity contribution in [1.29, 1.82) is 0 Å². The third-order valence-corrected chi connectivity index (χ3v) is 3.74. The normalized spacial score (nSPS) is 17.6. The molecule has 17 heavy (non-hydrogen) atoms. The molecule has 1 aromatic carbocycles. The van der Waals surface area contributed by atoms with Gasteiger partial charge in [0.1, 0.15) is 0 Å². The van der Waals surface area contributed by atoms with Crippen molar-refractivity contribution in [3.8, 4) is 0 Å². The minimum absolute atomic E-state index is 0.271. The van der Waals surface area contributed by atoms with Gasteiger partial charge < -0.3 is 4.90 Å². The van der Waals surface area contributed by atoms with Crippen molar-refractivity contribution in [2.45, 2.75) is 45.4 Å². The quantitative estimate of drug-likeness (QED) is 0.768. The molecule has 0 atom stereocenters. The predicted molar refractivity (Wildman–Crippen MR) is 74.5 cm³/mol. The van der Waals surface area contributed by atoms with Crippen LogP contribution in [0.25, 0.3) is 0 Å². The topological polar surface area (TPSA) is 3.24 Å². The second-order valence-corrected chi connectivity index (χ2v) is 6.25. The first-order valence-electron chi connectivity index (χ1n) is 6.87. The summed E-state index contributed by atoms with van der Waals surface area (Å²) in [5.74, 6) is 0. The number of nitrogens with zero attached hydrogens (tertiary/aromatic N) is 1. The lowest BCUT2D eigenvalue weighted by Crippen LogP contribution is -2.22. The Balaban J connectivity index is 1.89. The zero-order valence-electron chi connectivity index (χ0n) is 11.5. The van der Waals surface area contributed by atoms with E-state index >= 15 is 0 Å². The van der Waals surface area contributed by atoms with Crippen LogP contribution in [-0.2, 0) is 11.8 Å². The van der Waals surface area contributed by atoms with Crippen LogP contribution < -0.4 is 0 Å². The predicted octanol–water partition coefficient (Wildman–Crippen LogP) is 3.62. The van der Waals surface area contributed by atoms with Crippen molar-refractivity contribution < 1.29 is 0 Å². The molecule has 0 N–H and O–H groups in total. The van der Waals surface area contributed by atoms with Crippen LogP contribution in [0.4, 0.5) is 0 Å². The Bertz CT molecular complexity index is 339. The van der Waals surface area contributed by atoms with Gasteiger partial charge in [-0.15, -0.1) is 0 Å². The van der Waals surface area contributed by atoms with Crippen LogP contribution in [0, 0.1) is 0 Å². The van der Waals surface area contributed by atoms with Gasteiger partial charge in [0.2, 0.25) is 0 Å². The highest BCUT2D eigenvalue weighted by Gasteiger charge is 2.13. The first-order valence-corrected chi connectivity index (χ1v) is 6.87. The zero-order chi connectivity index (χ0) is 12.3. The first-order chi connectivity index (χ1) is 8.05. The van der Waals surface area contributed by atoms with Gasteiger partial charge >= 0.3 is 0 Å². The van der Waals surface area contributed by atoms with Gasteiger partial charge in [0.15, 0.2) is 0 Å².